The van der Waals surface area contributed by atoms with Crippen molar-refractivity contribution in [3.05, 3.63) is 11.8 Å². The zero-order valence-electron chi connectivity index (χ0n) is 6.14. The Kier molecular flexibility index (Phi) is 2.30. The minimum Gasteiger partial charge on any atom is -0.477 e. The molecule has 0 radical (unpaired) electrons. The van der Waals surface area contributed by atoms with E-state index in [-0.39, 0.29) is 10.9 Å². The van der Waals surface area contributed by atoms with Gasteiger partial charge in [0.05, 0.1) is 0 Å². The number of alkyl halides is 1. The lowest BCUT2D eigenvalue weighted by Crippen LogP contribution is -2.40. The summed E-state index contributed by atoms with van der Waals surface area (Å²) in [4.78, 5) is 14.2. The van der Waals surface area contributed by atoms with Gasteiger partial charge in [-0.15, -0.1) is 0 Å². The highest BCUT2D eigenvalue weighted by Gasteiger charge is 2.27. The van der Waals surface area contributed by atoms with Crippen LogP contribution in [0.3, 0.4) is 0 Å². The minimum atomic E-state index is -1.17. The SMILES string of the molecule is CC1(Cl)N=C(Cl)C=C(C(=O)O)N1. The molecule has 6 heteroatoms. The fourth-order valence-corrected chi connectivity index (χ4v) is 1.29. The number of hydrogen-bond acceptors (Lipinski definition) is 3. The summed E-state index contributed by atoms with van der Waals surface area (Å²) >= 11 is 11.2. The van der Waals surface area contributed by atoms with E-state index in [2.05, 4.69) is 10.3 Å². The molecule has 0 aromatic heterocycles. The topological polar surface area (TPSA) is 61.7 Å². The molecule has 1 unspecified atom stereocenters. The Hall–Kier alpha value is -0.740. The normalized spacial score (nSPS) is 28.6. The van der Waals surface area contributed by atoms with Crippen LogP contribution in [0.4, 0.5) is 0 Å². The first-order valence-corrected chi connectivity index (χ1v) is 3.84. The Morgan fingerprint density at radius 2 is 2.42 bits per heavy atom. The molecular formula is C6H6Cl2N2O2. The predicted molar refractivity (Wildman–Crippen MR) is 46.4 cm³/mol. The molecule has 12 heavy (non-hydrogen) atoms. The van der Waals surface area contributed by atoms with Gasteiger partial charge in [0.25, 0.3) is 0 Å². The second-order valence-corrected chi connectivity index (χ2v) is 3.50. The molecule has 4 nitrogen and oxygen atoms in total. The fraction of sp³-hybridized carbons (Fsp3) is 0.333. The molecule has 0 aliphatic carbocycles. The Bertz CT molecular complexity index is 283. The number of nitrogens with zero attached hydrogens (tertiary/aromatic N) is 1. The summed E-state index contributed by atoms with van der Waals surface area (Å²) in [7, 11) is 0. The van der Waals surface area contributed by atoms with Crippen molar-refractivity contribution < 1.29 is 9.90 Å². The molecule has 0 bridgehead atoms. The molecule has 2 N–H and O–H groups in total. The van der Waals surface area contributed by atoms with Crippen molar-refractivity contribution in [3.63, 3.8) is 0 Å². The van der Waals surface area contributed by atoms with Gasteiger partial charge in [-0.25, -0.2) is 9.79 Å². The average Bonchev–Trinajstić information content (AvgIpc) is 1.82. The van der Waals surface area contributed by atoms with Crippen molar-refractivity contribution in [3.8, 4) is 0 Å². The lowest BCUT2D eigenvalue weighted by molar-refractivity contribution is -0.133. The van der Waals surface area contributed by atoms with Gasteiger partial charge in [0.15, 0.2) is 0 Å². The van der Waals surface area contributed by atoms with Gasteiger partial charge in [-0.1, -0.05) is 23.2 Å². The number of hydrogen-bond donors (Lipinski definition) is 2. The molecule has 1 aliphatic rings. The standard InChI is InChI=1S/C6H6Cl2N2O2/c1-6(8)9-3(5(11)12)2-4(7)10-6/h2,9H,1H3,(H,11,12). The van der Waals surface area contributed by atoms with Crippen LogP contribution in [0, 0.1) is 0 Å². The number of aliphatic carboxylic acids is 1. The quantitative estimate of drug-likeness (QED) is 0.502. The Morgan fingerprint density at radius 3 is 2.83 bits per heavy atom. The Morgan fingerprint density at radius 1 is 1.83 bits per heavy atom. The number of carboxylic acids is 1. The highest BCUT2D eigenvalue weighted by atomic mass is 35.5. The zero-order valence-corrected chi connectivity index (χ0v) is 7.65. The van der Waals surface area contributed by atoms with E-state index < -0.39 is 11.1 Å². The molecule has 1 atom stereocenters. The first kappa shape index (κ1) is 9.35. The maximum atomic E-state index is 10.5. The lowest BCUT2D eigenvalue weighted by Gasteiger charge is -2.23. The largest absolute Gasteiger partial charge is 0.477 e. The molecule has 1 rings (SSSR count). The van der Waals surface area contributed by atoms with Crippen molar-refractivity contribution >= 4 is 34.3 Å². The van der Waals surface area contributed by atoms with Crippen LogP contribution in [-0.2, 0) is 4.79 Å². The van der Waals surface area contributed by atoms with Crippen molar-refractivity contribution in [1.29, 1.82) is 0 Å². The lowest BCUT2D eigenvalue weighted by atomic mass is 10.3. The van der Waals surface area contributed by atoms with E-state index >= 15 is 0 Å². The number of nitrogens with one attached hydrogen (secondary N) is 1. The van der Waals surface area contributed by atoms with Gasteiger partial charge in [-0.2, -0.15) is 0 Å². The third-order valence-electron chi connectivity index (χ3n) is 1.17. The molecule has 0 spiro atoms. The number of allylic oxidation sites excluding steroid dienone is 1. The molecule has 0 aromatic rings. The van der Waals surface area contributed by atoms with Crippen molar-refractivity contribution in [2.24, 2.45) is 4.99 Å². The first-order chi connectivity index (χ1) is 5.41. The van der Waals surface area contributed by atoms with Gasteiger partial charge < -0.3 is 10.4 Å². The highest BCUT2D eigenvalue weighted by molar-refractivity contribution is 6.69. The highest BCUT2D eigenvalue weighted by Crippen LogP contribution is 2.19. The summed E-state index contributed by atoms with van der Waals surface area (Å²) in [6, 6.07) is 0. The van der Waals surface area contributed by atoms with E-state index in [1.54, 1.807) is 0 Å². The van der Waals surface area contributed by atoms with Crippen LogP contribution in [0.5, 0.6) is 0 Å². The zero-order chi connectivity index (χ0) is 9.35. The monoisotopic (exact) mass is 208 g/mol. The molecule has 0 saturated heterocycles. The maximum Gasteiger partial charge on any atom is 0.352 e. The number of aliphatic imine (C=N–C) groups is 1. The van der Waals surface area contributed by atoms with Crippen molar-refractivity contribution in [2.75, 3.05) is 0 Å². The number of carboxylic acid groups (broad SMARTS) is 1. The Labute approximate surface area is 78.9 Å². The molecule has 0 fully saturated rings. The van der Waals surface area contributed by atoms with E-state index in [9.17, 15) is 4.79 Å². The summed E-state index contributed by atoms with van der Waals surface area (Å²) < 4.78 is 0. The van der Waals surface area contributed by atoms with Crippen LogP contribution in [0.2, 0.25) is 0 Å². The van der Waals surface area contributed by atoms with E-state index in [1.807, 2.05) is 0 Å². The van der Waals surface area contributed by atoms with Gasteiger partial charge >= 0.3 is 5.97 Å². The van der Waals surface area contributed by atoms with Crippen LogP contribution in [-0.4, -0.2) is 21.4 Å². The average molecular weight is 209 g/mol. The van der Waals surface area contributed by atoms with Crippen LogP contribution < -0.4 is 5.32 Å². The van der Waals surface area contributed by atoms with Gasteiger partial charge in [-0.3, -0.25) is 0 Å². The second-order valence-electron chi connectivity index (χ2n) is 2.38. The number of carbonyl (C=O) groups is 1. The van der Waals surface area contributed by atoms with Gasteiger partial charge in [0, 0.05) is 6.08 Å². The van der Waals surface area contributed by atoms with E-state index in [0.29, 0.717) is 0 Å². The van der Waals surface area contributed by atoms with Crippen molar-refractivity contribution in [2.45, 2.75) is 12.0 Å². The smallest absolute Gasteiger partial charge is 0.352 e. The first-order valence-electron chi connectivity index (χ1n) is 3.08. The van der Waals surface area contributed by atoms with Crippen LogP contribution in [0.15, 0.2) is 16.8 Å². The molecule has 1 aliphatic heterocycles. The Balaban J connectivity index is 2.96. The minimum absolute atomic E-state index is 0.0625. The van der Waals surface area contributed by atoms with Crippen LogP contribution in [0.25, 0.3) is 0 Å². The molecule has 0 amide bonds. The third kappa shape index (κ3) is 2.12. The summed E-state index contributed by atoms with van der Waals surface area (Å²) in [5.41, 5.74) is -0.0625. The van der Waals surface area contributed by atoms with E-state index in [0.717, 1.165) is 0 Å². The van der Waals surface area contributed by atoms with Crippen LogP contribution >= 0.6 is 23.2 Å². The fourth-order valence-electron chi connectivity index (χ4n) is 0.777. The molecule has 1 heterocycles. The summed E-state index contributed by atoms with van der Waals surface area (Å²) in [5, 5.41) is 9.97. The molecule has 0 saturated carbocycles. The van der Waals surface area contributed by atoms with Gasteiger partial charge in [0.2, 0.25) is 5.12 Å². The molecular weight excluding hydrogens is 203 g/mol. The summed E-state index contributed by atoms with van der Waals surface area (Å²) in [5.74, 6) is -1.12. The van der Waals surface area contributed by atoms with Crippen molar-refractivity contribution in [1.82, 2.24) is 5.32 Å². The molecule has 66 valence electrons. The van der Waals surface area contributed by atoms with E-state index in [1.165, 1.54) is 13.0 Å². The molecule has 0 aromatic carbocycles. The predicted octanol–water partition coefficient (Wildman–Crippen LogP) is 1.11. The summed E-state index contributed by atoms with van der Waals surface area (Å²) in [6.45, 7) is 1.51. The van der Waals surface area contributed by atoms with Gasteiger partial charge in [0.1, 0.15) is 10.9 Å². The summed E-state index contributed by atoms with van der Waals surface area (Å²) in [6.07, 6.45) is 1.20. The van der Waals surface area contributed by atoms with Gasteiger partial charge in [-0.05, 0) is 6.92 Å². The van der Waals surface area contributed by atoms with E-state index in [4.69, 9.17) is 28.3 Å². The van der Waals surface area contributed by atoms with Crippen LogP contribution in [0.1, 0.15) is 6.92 Å². The second kappa shape index (κ2) is 2.95. The third-order valence-corrected chi connectivity index (χ3v) is 1.55. The number of rotatable bonds is 1. The number of halogens is 2. The maximum absolute atomic E-state index is 10.5.